The largest absolute Gasteiger partial charge is 0.493 e. The molecule has 14 nitrogen and oxygen atoms in total. The van der Waals surface area contributed by atoms with Crippen LogP contribution in [0.1, 0.15) is 23.1 Å². The van der Waals surface area contributed by atoms with Gasteiger partial charge in [0.2, 0.25) is 11.7 Å². The van der Waals surface area contributed by atoms with E-state index in [4.69, 9.17) is 4.74 Å². The minimum atomic E-state index is -0.763. The number of benzene rings is 1. The van der Waals surface area contributed by atoms with Gasteiger partial charge in [0.15, 0.2) is 5.69 Å². The van der Waals surface area contributed by atoms with Gasteiger partial charge in [-0.15, -0.1) is 15.3 Å². The van der Waals surface area contributed by atoms with Crippen LogP contribution in [0.25, 0.3) is 5.69 Å². The van der Waals surface area contributed by atoms with Gasteiger partial charge in [-0.3, -0.25) is 19.5 Å². The Labute approximate surface area is 208 Å². The Hall–Kier alpha value is -5.63. The van der Waals surface area contributed by atoms with E-state index in [9.17, 15) is 35.3 Å². The summed E-state index contributed by atoms with van der Waals surface area (Å²) in [6.45, 7) is 4.53. The fourth-order valence-corrected chi connectivity index (χ4v) is 3.19. The zero-order valence-corrected chi connectivity index (χ0v) is 19.4. The summed E-state index contributed by atoms with van der Waals surface area (Å²) in [7, 11) is 0. The first-order valence-corrected chi connectivity index (χ1v) is 10.5. The number of esters is 1. The fraction of sp³-hybridized carbons (Fsp3) is 0.174. The second kappa shape index (κ2) is 11.2. The summed E-state index contributed by atoms with van der Waals surface area (Å²) in [5.74, 6) is -1.36. The summed E-state index contributed by atoms with van der Waals surface area (Å²) in [5.41, 5.74) is -0.862. The van der Waals surface area contributed by atoms with E-state index in [1.165, 1.54) is 42.1 Å². The molecular weight excluding hydrogens is 484 g/mol. The molecule has 0 fully saturated rings. The van der Waals surface area contributed by atoms with Crippen molar-refractivity contribution in [1.29, 1.82) is 10.5 Å². The molecule has 37 heavy (non-hydrogen) atoms. The van der Waals surface area contributed by atoms with Gasteiger partial charge in [-0.25, -0.2) is 9.48 Å². The molecule has 0 atom stereocenters. The number of nitrogens with zero attached hydrogens (tertiary/aromatic N) is 8. The van der Waals surface area contributed by atoms with Crippen molar-refractivity contribution in [2.24, 2.45) is 10.2 Å². The van der Waals surface area contributed by atoms with E-state index in [2.05, 4.69) is 21.9 Å². The Morgan fingerprint density at radius 2 is 2.00 bits per heavy atom. The second-order valence-electron chi connectivity index (χ2n) is 7.36. The number of nitro benzene ring substituents is 1. The number of ether oxygens (including phenoxy) is 1. The fourth-order valence-electron chi connectivity index (χ4n) is 3.19. The van der Waals surface area contributed by atoms with Gasteiger partial charge in [0.25, 0.3) is 11.2 Å². The molecule has 1 aromatic carbocycles. The maximum Gasteiger partial charge on any atom is 0.330 e. The van der Waals surface area contributed by atoms with E-state index in [1.807, 2.05) is 12.1 Å². The molecule has 186 valence electrons. The lowest BCUT2D eigenvalue weighted by molar-refractivity contribution is -0.384. The summed E-state index contributed by atoms with van der Waals surface area (Å²) >= 11 is 0. The van der Waals surface area contributed by atoms with Gasteiger partial charge in [-0.1, -0.05) is 6.58 Å². The van der Waals surface area contributed by atoms with Crippen molar-refractivity contribution >= 4 is 23.2 Å². The maximum absolute atomic E-state index is 13.0. The molecule has 0 bridgehead atoms. The maximum atomic E-state index is 13.0. The van der Waals surface area contributed by atoms with Gasteiger partial charge in [0, 0.05) is 30.3 Å². The average molecular weight is 502 g/mol. The van der Waals surface area contributed by atoms with E-state index in [1.54, 1.807) is 0 Å². The Kier molecular flexibility index (Phi) is 7.86. The molecule has 0 aliphatic heterocycles. The molecule has 2 aromatic heterocycles. The minimum Gasteiger partial charge on any atom is -0.493 e. The number of rotatable bonds is 9. The number of hydrogen-bond donors (Lipinski definition) is 1. The summed E-state index contributed by atoms with van der Waals surface area (Å²) in [6, 6.07) is 9.13. The summed E-state index contributed by atoms with van der Waals surface area (Å²) in [5, 5.41) is 52.2. The van der Waals surface area contributed by atoms with Crippen molar-refractivity contribution in [3.8, 4) is 23.7 Å². The molecule has 0 aliphatic rings. The number of non-ortho nitro benzene ring substituents is 1. The van der Waals surface area contributed by atoms with Crippen molar-refractivity contribution in [1.82, 2.24) is 14.3 Å². The third-order valence-electron chi connectivity index (χ3n) is 5.09. The number of carbonyl (C=O) groups is 1. The quantitative estimate of drug-likeness (QED) is 0.114. The van der Waals surface area contributed by atoms with Crippen LogP contribution in [-0.2, 0) is 16.1 Å². The molecule has 0 unspecified atom stereocenters. The first kappa shape index (κ1) is 26.0. The highest BCUT2D eigenvalue weighted by Gasteiger charge is 2.20. The molecule has 3 aromatic rings. The molecule has 1 N–H and O–H groups in total. The summed E-state index contributed by atoms with van der Waals surface area (Å²) < 4.78 is 7.03. The molecule has 3 rings (SSSR count). The zero-order chi connectivity index (χ0) is 27.1. The number of aromatic nitrogens is 3. The van der Waals surface area contributed by atoms with Crippen LogP contribution in [0.5, 0.6) is 5.88 Å². The Morgan fingerprint density at radius 1 is 1.30 bits per heavy atom. The number of aromatic hydroxyl groups is 1. The smallest absolute Gasteiger partial charge is 0.330 e. The zero-order valence-electron chi connectivity index (χ0n) is 19.4. The van der Waals surface area contributed by atoms with Crippen LogP contribution in [0.3, 0.4) is 0 Å². The van der Waals surface area contributed by atoms with Crippen molar-refractivity contribution in [2.75, 3.05) is 6.61 Å². The lowest BCUT2D eigenvalue weighted by Gasteiger charge is -2.12. The normalized spacial score (nSPS) is 10.6. The third kappa shape index (κ3) is 5.55. The third-order valence-corrected chi connectivity index (χ3v) is 5.09. The number of hydrogen-bond acceptors (Lipinski definition) is 11. The van der Waals surface area contributed by atoms with Gasteiger partial charge >= 0.3 is 5.97 Å². The first-order chi connectivity index (χ1) is 17.7. The lowest BCUT2D eigenvalue weighted by atomic mass is 10.1. The summed E-state index contributed by atoms with van der Waals surface area (Å²) in [6.07, 6.45) is 2.47. The van der Waals surface area contributed by atoms with E-state index < -0.39 is 22.3 Å². The van der Waals surface area contributed by atoms with Crippen LogP contribution in [0.15, 0.2) is 58.1 Å². The van der Waals surface area contributed by atoms with Crippen LogP contribution >= 0.6 is 0 Å². The monoisotopic (exact) mass is 502 g/mol. The van der Waals surface area contributed by atoms with Crippen LogP contribution in [0.2, 0.25) is 0 Å². The van der Waals surface area contributed by atoms with Gasteiger partial charge in [-0.05, 0) is 25.5 Å². The second-order valence-corrected chi connectivity index (χ2v) is 7.36. The van der Waals surface area contributed by atoms with E-state index >= 15 is 0 Å². The molecule has 14 heteroatoms. The predicted molar refractivity (Wildman–Crippen MR) is 127 cm³/mol. The van der Waals surface area contributed by atoms with Crippen LogP contribution in [0.4, 0.5) is 17.2 Å². The van der Waals surface area contributed by atoms with E-state index in [0.717, 1.165) is 10.6 Å². The van der Waals surface area contributed by atoms with Gasteiger partial charge < -0.3 is 9.84 Å². The molecule has 0 spiro atoms. The number of pyridine rings is 1. The topological polar surface area (TPSA) is 202 Å². The number of nitro groups is 1. The summed E-state index contributed by atoms with van der Waals surface area (Å²) in [4.78, 5) is 34.5. The van der Waals surface area contributed by atoms with E-state index in [0.29, 0.717) is 5.69 Å². The SMILES string of the molecule is C=CC(=O)OCCCn1c(O)c(C#N)c(C)c(N=Nc2nn(-c3ccc([N+](=O)[O-])cc3)cc2C#N)c1=O. The minimum absolute atomic E-state index is 0.00315. The number of carbonyl (C=O) groups excluding carboxylic acids is 1. The van der Waals surface area contributed by atoms with Gasteiger partial charge in [0.1, 0.15) is 23.3 Å². The molecule has 0 radical (unpaired) electrons. The highest BCUT2D eigenvalue weighted by molar-refractivity contribution is 5.81. The van der Waals surface area contributed by atoms with Crippen molar-refractivity contribution < 1.29 is 19.6 Å². The Bertz CT molecular complexity index is 1550. The molecule has 0 saturated heterocycles. The van der Waals surface area contributed by atoms with Crippen molar-refractivity contribution in [2.45, 2.75) is 19.9 Å². The molecular formula is C23H18N8O6. The van der Waals surface area contributed by atoms with Crippen molar-refractivity contribution in [3.05, 3.63) is 80.3 Å². The predicted octanol–water partition coefficient (Wildman–Crippen LogP) is 3.23. The van der Waals surface area contributed by atoms with Crippen LogP contribution in [-0.4, -0.2) is 37.0 Å². The highest BCUT2D eigenvalue weighted by atomic mass is 16.6. The Balaban J connectivity index is 1.96. The number of azo groups is 1. The van der Waals surface area contributed by atoms with Crippen LogP contribution < -0.4 is 5.56 Å². The Morgan fingerprint density at radius 3 is 2.59 bits per heavy atom. The molecule has 0 saturated carbocycles. The first-order valence-electron chi connectivity index (χ1n) is 10.5. The number of nitriles is 2. The van der Waals surface area contributed by atoms with E-state index in [-0.39, 0.29) is 53.5 Å². The molecule has 0 amide bonds. The molecule has 0 aliphatic carbocycles. The van der Waals surface area contributed by atoms with Gasteiger partial charge in [-0.2, -0.15) is 10.5 Å². The average Bonchev–Trinajstić information content (AvgIpc) is 3.31. The molecule has 2 heterocycles. The standard InChI is InChI=1S/C23H18N8O6/c1-3-19(32)37-10-4-9-29-22(33)18(12-25)14(2)20(23(29)34)26-27-21-15(11-24)13-30(28-21)16-5-7-17(8-6-16)31(35)36/h3,5-8,13,33H,1,4,9-10H2,2H3. The lowest BCUT2D eigenvalue weighted by Crippen LogP contribution is -2.22. The highest BCUT2D eigenvalue weighted by Crippen LogP contribution is 2.28. The van der Waals surface area contributed by atoms with Crippen molar-refractivity contribution in [3.63, 3.8) is 0 Å². The van der Waals surface area contributed by atoms with Gasteiger partial charge in [0.05, 0.1) is 23.4 Å². The van der Waals surface area contributed by atoms with Crippen LogP contribution in [0, 0.1) is 39.7 Å².